The molecule has 0 bridgehead atoms. The van der Waals surface area contributed by atoms with E-state index in [1.165, 1.54) is 17.0 Å². The number of fused-ring (bicyclic) bond motifs is 1. The van der Waals surface area contributed by atoms with E-state index >= 15 is 0 Å². The Hall–Kier alpha value is -3.30. The van der Waals surface area contributed by atoms with Crippen molar-refractivity contribution in [1.82, 2.24) is 19.7 Å². The van der Waals surface area contributed by atoms with Crippen molar-refractivity contribution in [2.75, 3.05) is 23.8 Å². The smallest absolute Gasteiger partial charge is 0.359 e. The van der Waals surface area contributed by atoms with E-state index in [1.54, 1.807) is 24.1 Å². The molecule has 146 valence electrons. The third kappa shape index (κ3) is 2.90. The molecule has 0 radical (unpaired) electrons. The molecule has 1 aliphatic rings. The normalized spacial score (nSPS) is 17.0. The van der Waals surface area contributed by atoms with Gasteiger partial charge in [-0.2, -0.15) is 18.3 Å². The number of anilines is 2. The first-order valence-corrected chi connectivity index (χ1v) is 8.59. The number of nitrogens with one attached hydrogen (secondary N) is 2. The van der Waals surface area contributed by atoms with Crippen LogP contribution in [0.5, 0.6) is 0 Å². The fourth-order valence-electron chi connectivity index (χ4n) is 3.30. The molecular weight excluding hydrogens is 373 g/mol. The molecule has 1 unspecified atom stereocenters. The number of nitrogens with zero attached hydrogens (tertiary/aromatic N) is 4. The molecule has 1 aliphatic heterocycles. The second-order valence-corrected chi connectivity index (χ2v) is 6.56. The number of imidazole rings is 1. The Kier molecular flexibility index (Phi) is 4.13. The van der Waals surface area contributed by atoms with Crippen molar-refractivity contribution >= 4 is 17.5 Å². The molecular formula is C18H17F3N6O. The van der Waals surface area contributed by atoms with E-state index in [4.69, 9.17) is 0 Å². The molecule has 1 atom stereocenters. The van der Waals surface area contributed by atoms with Gasteiger partial charge in [-0.15, -0.1) is 0 Å². The summed E-state index contributed by atoms with van der Waals surface area (Å²) in [6.07, 6.45) is -1.24. The van der Waals surface area contributed by atoms with Gasteiger partial charge in [0, 0.05) is 19.3 Å². The quantitative estimate of drug-likeness (QED) is 0.717. The van der Waals surface area contributed by atoms with Gasteiger partial charge in [0.2, 0.25) is 0 Å². The standard InChI is InChI=1S/C18H17F3N6O/c1-10-9-26(12-5-3-11(4-6-12)18(19,20)21)16(28)15-13(7-24-27(10)15)14-8-23-17(22-2)25-14/h3-8,10H,9H2,1-2H3,(H2,22,23,25). The van der Waals surface area contributed by atoms with Gasteiger partial charge in [-0.1, -0.05) is 0 Å². The van der Waals surface area contributed by atoms with E-state index in [2.05, 4.69) is 20.4 Å². The van der Waals surface area contributed by atoms with E-state index in [1.807, 2.05) is 6.92 Å². The van der Waals surface area contributed by atoms with Gasteiger partial charge in [0.25, 0.3) is 5.91 Å². The molecule has 4 rings (SSSR count). The number of aromatic amines is 1. The molecule has 0 fully saturated rings. The molecule has 0 saturated heterocycles. The number of carbonyl (C=O) groups excluding carboxylic acids is 1. The molecule has 0 spiro atoms. The predicted molar refractivity (Wildman–Crippen MR) is 97.2 cm³/mol. The summed E-state index contributed by atoms with van der Waals surface area (Å²) in [5, 5.41) is 7.21. The van der Waals surface area contributed by atoms with Crippen LogP contribution in [0, 0.1) is 0 Å². The Balaban J connectivity index is 1.72. The Bertz CT molecular complexity index is 1020. The number of amides is 1. The molecule has 3 aromatic rings. The highest BCUT2D eigenvalue weighted by molar-refractivity contribution is 6.09. The lowest BCUT2D eigenvalue weighted by Crippen LogP contribution is -2.42. The summed E-state index contributed by atoms with van der Waals surface area (Å²) in [6.45, 7) is 2.21. The summed E-state index contributed by atoms with van der Waals surface area (Å²) in [7, 11) is 1.72. The first-order chi connectivity index (χ1) is 13.3. The monoisotopic (exact) mass is 390 g/mol. The number of halogens is 3. The largest absolute Gasteiger partial charge is 0.416 e. The molecule has 7 nitrogen and oxygen atoms in total. The van der Waals surface area contributed by atoms with Crippen LogP contribution in [-0.2, 0) is 6.18 Å². The molecule has 28 heavy (non-hydrogen) atoms. The summed E-state index contributed by atoms with van der Waals surface area (Å²) in [5.74, 6) is 0.219. The SMILES string of the molecule is CNc1ncc(-c2cnn3c2C(=O)N(c2ccc(C(F)(F)F)cc2)CC3C)[nH]1. The van der Waals surface area contributed by atoms with Gasteiger partial charge < -0.3 is 15.2 Å². The number of benzene rings is 1. The second-order valence-electron chi connectivity index (χ2n) is 6.56. The number of H-pyrrole nitrogens is 1. The van der Waals surface area contributed by atoms with Crippen molar-refractivity contribution in [2.24, 2.45) is 0 Å². The van der Waals surface area contributed by atoms with E-state index in [0.29, 0.717) is 35.1 Å². The minimum absolute atomic E-state index is 0.143. The number of aromatic nitrogens is 4. The average molecular weight is 390 g/mol. The van der Waals surface area contributed by atoms with Crippen molar-refractivity contribution < 1.29 is 18.0 Å². The topological polar surface area (TPSA) is 78.8 Å². The number of hydrogen-bond acceptors (Lipinski definition) is 4. The van der Waals surface area contributed by atoms with Crippen LogP contribution in [0.25, 0.3) is 11.3 Å². The van der Waals surface area contributed by atoms with Crippen LogP contribution >= 0.6 is 0 Å². The lowest BCUT2D eigenvalue weighted by atomic mass is 10.1. The van der Waals surface area contributed by atoms with Crippen molar-refractivity contribution in [3.8, 4) is 11.3 Å². The summed E-state index contributed by atoms with van der Waals surface area (Å²) in [6, 6.07) is 4.45. The summed E-state index contributed by atoms with van der Waals surface area (Å²) < 4.78 is 40.1. The van der Waals surface area contributed by atoms with Crippen LogP contribution in [0.4, 0.5) is 24.8 Å². The number of hydrogen-bond donors (Lipinski definition) is 2. The van der Waals surface area contributed by atoms with Gasteiger partial charge in [-0.3, -0.25) is 9.48 Å². The van der Waals surface area contributed by atoms with Gasteiger partial charge >= 0.3 is 6.18 Å². The van der Waals surface area contributed by atoms with Crippen molar-refractivity contribution in [2.45, 2.75) is 19.1 Å². The third-order valence-corrected chi connectivity index (χ3v) is 4.72. The van der Waals surface area contributed by atoms with Gasteiger partial charge in [0.15, 0.2) is 5.95 Å². The number of alkyl halides is 3. The lowest BCUT2D eigenvalue weighted by Gasteiger charge is -2.32. The number of carbonyl (C=O) groups is 1. The Morgan fingerprint density at radius 3 is 2.54 bits per heavy atom. The molecule has 10 heteroatoms. The van der Waals surface area contributed by atoms with Gasteiger partial charge in [-0.25, -0.2) is 4.98 Å². The van der Waals surface area contributed by atoms with E-state index < -0.39 is 11.7 Å². The molecule has 1 amide bonds. The lowest BCUT2D eigenvalue weighted by molar-refractivity contribution is -0.137. The maximum Gasteiger partial charge on any atom is 0.416 e. The Labute approximate surface area is 158 Å². The molecule has 1 aromatic carbocycles. The van der Waals surface area contributed by atoms with Gasteiger partial charge in [0.1, 0.15) is 5.69 Å². The van der Waals surface area contributed by atoms with Crippen LogP contribution in [-0.4, -0.2) is 39.2 Å². The van der Waals surface area contributed by atoms with Gasteiger partial charge in [-0.05, 0) is 31.2 Å². The van der Waals surface area contributed by atoms with Crippen molar-refractivity contribution in [3.63, 3.8) is 0 Å². The summed E-state index contributed by atoms with van der Waals surface area (Å²) in [4.78, 5) is 21.9. The maximum absolute atomic E-state index is 13.2. The molecule has 2 N–H and O–H groups in total. The van der Waals surface area contributed by atoms with E-state index in [-0.39, 0.29) is 11.9 Å². The first kappa shape index (κ1) is 18.1. The van der Waals surface area contributed by atoms with E-state index in [0.717, 1.165) is 12.1 Å². The van der Waals surface area contributed by atoms with E-state index in [9.17, 15) is 18.0 Å². The first-order valence-electron chi connectivity index (χ1n) is 8.59. The van der Waals surface area contributed by atoms with Crippen LogP contribution < -0.4 is 10.2 Å². The number of rotatable bonds is 3. The van der Waals surface area contributed by atoms with Crippen LogP contribution in [0.2, 0.25) is 0 Å². The molecule has 2 aromatic heterocycles. The third-order valence-electron chi connectivity index (χ3n) is 4.72. The zero-order valence-electron chi connectivity index (χ0n) is 15.1. The van der Waals surface area contributed by atoms with Crippen LogP contribution in [0.3, 0.4) is 0 Å². The predicted octanol–water partition coefficient (Wildman–Crippen LogP) is 3.56. The summed E-state index contributed by atoms with van der Waals surface area (Å²) >= 11 is 0. The minimum Gasteiger partial charge on any atom is -0.359 e. The molecule has 3 heterocycles. The maximum atomic E-state index is 13.2. The summed E-state index contributed by atoms with van der Waals surface area (Å²) in [5.41, 5.74) is 1.23. The van der Waals surface area contributed by atoms with Crippen LogP contribution in [0.1, 0.15) is 29.0 Å². The Morgan fingerprint density at radius 2 is 1.93 bits per heavy atom. The van der Waals surface area contributed by atoms with Crippen molar-refractivity contribution in [3.05, 3.63) is 47.9 Å². The molecule has 0 aliphatic carbocycles. The fourth-order valence-corrected chi connectivity index (χ4v) is 3.30. The fraction of sp³-hybridized carbons (Fsp3) is 0.278. The molecule has 0 saturated carbocycles. The highest BCUT2D eigenvalue weighted by Crippen LogP contribution is 2.34. The second kappa shape index (κ2) is 6.39. The van der Waals surface area contributed by atoms with Crippen LogP contribution in [0.15, 0.2) is 36.7 Å². The van der Waals surface area contributed by atoms with Crippen molar-refractivity contribution in [1.29, 1.82) is 0 Å². The highest BCUT2D eigenvalue weighted by atomic mass is 19.4. The minimum atomic E-state index is -4.42. The van der Waals surface area contributed by atoms with Gasteiger partial charge in [0.05, 0.1) is 35.3 Å². The zero-order valence-corrected chi connectivity index (χ0v) is 15.1. The zero-order chi connectivity index (χ0) is 20.1. The Morgan fingerprint density at radius 1 is 1.21 bits per heavy atom. The highest BCUT2D eigenvalue weighted by Gasteiger charge is 2.35. The average Bonchev–Trinajstić information content (AvgIpc) is 3.31.